The summed E-state index contributed by atoms with van der Waals surface area (Å²) in [6.07, 6.45) is 3.89. The summed E-state index contributed by atoms with van der Waals surface area (Å²) in [7, 11) is 0. The van der Waals surface area contributed by atoms with E-state index in [9.17, 15) is 0 Å². The molecule has 0 bridgehead atoms. The molecule has 0 saturated carbocycles. The molecule has 2 heterocycles. The van der Waals surface area contributed by atoms with E-state index in [-0.39, 0.29) is 0 Å². The van der Waals surface area contributed by atoms with Gasteiger partial charge in [0.15, 0.2) is 5.82 Å². The summed E-state index contributed by atoms with van der Waals surface area (Å²) in [6.45, 7) is 10.8. The Labute approximate surface area is 110 Å². The number of nitrogens with two attached hydrogens (primary N) is 1. The van der Waals surface area contributed by atoms with Crippen LogP contribution in [0.1, 0.15) is 51.8 Å². The summed E-state index contributed by atoms with van der Waals surface area (Å²) < 4.78 is 2.08. The van der Waals surface area contributed by atoms with Crippen LogP contribution >= 0.6 is 0 Å². The highest BCUT2D eigenvalue weighted by atomic mass is 15.4. The molecule has 0 amide bonds. The second-order valence-corrected chi connectivity index (χ2v) is 5.75. The zero-order chi connectivity index (χ0) is 13.3. The van der Waals surface area contributed by atoms with Gasteiger partial charge in [-0.3, -0.25) is 0 Å². The predicted molar refractivity (Wildman–Crippen MR) is 77.0 cm³/mol. The maximum absolute atomic E-state index is 6.22. The minimum Gasteiger partial charge on any atom is -0.394 e. The second kappa shape index (κ2) is 5.21. The maximum atomic E-state index is 6.22. The van der Waals surface area contributed by atoms with E-state index in [4.69, 9.17) is 5.73 Å². The van der Waals surface area contributed by atoms with E-state index in [0.717, 1.165) is 36.2 Å². The molecule has 1 aliphatic heterocycles. The molecule has 102 valence electrons. The molecule has 2 N–H and O–H groups in total. The fraction of sp³-hybridized carbons (Fsp3) is 0.786. The van der Waals surface area contributed by atoms with Gasteiger partial charge in [-0.25, -0.2) is 4.68 Å². The van der Waals surface area contributed by atoms with Crippen LogP contribution in [0.5, 0.6) is 0 Å². The van der Waals surface area contributed by atoms with E-state index in [1.54, 1.807) is 0 Å². The van der Waals surface area contributed by atoms with Gasteiger partial charge in [0.25, 0.3) is 0 Å². The van der Waals surface area contributed by atoms with Crippen molar-refractivity contribution in [2.45, 2.75) is 53.0 Å². The highest BCUT2D eigenvalue weighted by Crippen LogP contribution is 2.34. The van der Waals surface area contributed by atoms with E-state index in [1.807, 2.05) is 6.92 Å². The Morgan fingerprint density at radius 3 is 2.78 bits per heavy atom. The number of nitrogen functional groups attached to an aromatic ring is 1. The molecule has 18 heavy (non-hydrogen) atoms. The predicted octanol–water partition coefficient (Wildman–Crippen LogP) is 2.98. The lowest BCUT2D eigenvalue weighted by atomic mass is 10.0. The summed E-state index contributed by atoms with van der Waals surface area (Å²) in [4.78, 5) is 2.43. The zero-order valence-corrected chi connectivity index (χ0v) is 12.1. The van der Waals surface area contributed by atoms with Gasteiger partial charge in [-0.2, -0.15) is 5.10 Å². The molecule has 1 aromatic rings. The Morgan fingerprint density at radius 2 is 2.17 bits per heavy atom. The lowest BCUT2D eigenvalue weighted by molar-refractivity contribution is 0.515. The van der Waals surface area contributed by atoms with Crippen LogP contribution in [0.2, 0.25) is 0 Å². The molecule has 0 aliphatic carbocycles. The summed E-state index contributed by atoms with van der Waals surface area (Å²) in [6, 6.07) is 0.362. The quantitative estimate of drug-likeness (QED) is 0.893. The molecule has 1 aromatic heterocycles. The Balaban J connectivity index is 2.23. The van der Waals surface area contributed by atoms with Crippen molar-refractivity contribution in [1.29, 1.82) is 0 Å². The van der Waals surface area contributed by atoms with Crippen LogP contribution in [-0.4, -0.2) is 22.9 Å². The van der Waals surface area contributed by atoms with E-state index in [1.165, 1.54) is 19.3 Å². The van der Waals surface area contributed by atoms with Gasteiger partial charge in [-0.1, -0.05) is 13.3 Å². The van der Waals surface area contributed by atoms with Gasteiger partial charge in [0.2, 0.25) is 0 Å². The van der Waals surface area contributed by atoms with Crippen molar-refractivity contribution in [1.82, 2.24) is 9.78 Å². The highest BCUT2D eigenvalue weighted by molar-refractivity contribution is 5.66. The van der Waals surface area contributed by atoms with Crippen molar-refractivity contribution in [2.24, 2.45) is 5.92 Å². The van der Waals surface area contributed by atoms with Gasteiger partial charge < -0.3 is 10.6 Å². The van der Waals surface area contributed by atoms with Crippen molar-refractivity contribution in [2.75, 3.05) is 23.7 Å². The number of hydrogen-bond acceptors (Lipinski definition) is 3. The maximum Gasteiger partial charge on any atom is 0.150 e. The van der Waals surface area contributed by atoms with E-state index in [0.29, 0.717) is 6.04 Å². The highest BCUT2D eigenvalue weighted by Gasteiger charge is 2.27. The third-order valence-electron chi connectivity index (χ3n) is 3.88. The molecule has 1 unspecified atom stereocenters. The first-order chi connectivity index (χ1) is 8.54. The van der Waals surface area contributed by atoms with Crippen LogP contribution in [0.15, 0.2) is 0 Å². The van der Waals surface area contributed by atoms with Gasteiger partial charge in [0, 0.05) is 19.1 Å². The van der Waals surface area contributed by atoms with Gasteiger partial charge in [-0.05, 0) is 39.5 Å². The van der Waals surface area contributed by atoms with Crippen molar-refractivity contribution in [3.63, 3.8) is 0 Å². The number of rotatable bonds is 4. The molecule has 4 nitrogen and oxygen atoms in total. The standard InChI is InChI=1S/C14H26N4/c1-5-6-12-7-8-17(9-12)14-13(15)11(4)16-18(14)10(2)3/h10,12H,5-9,15H2,1-4H3. The summed E-state index contributed by atoms with van der Waals surface area (Å²) in [5.41, 5.74) is 8.03. The number of hydrogen-bond donors (Lipinski definition) is 1. The molecule has 4 heteroatoms. The first kappa shape index (κ1) is 13.2. The molecule has 1 atom stereocenters. The number of nitrogens with zero attached hydrogens (tertiary/aromatic N) is 3. The molecule has 1 fully saturated rings. The fourth-order valence-corrected chi connectivity index (χ4v) is 2.89. The molecular formula is C14H26N4. The number of anilines is 2. The van der Waals surface area contributed by atoms with Gasteiger partial charge in [0.05, 0.1) is 11.4 Å². The Bertz CT molecular complexity index is 408. The topological polar surface area (TPSA) is 47.1 Å². The number of aryl methyl sites for hydroxylation is 1. The average Bonchev–Trinajstić information content (AvgIpc) is 2.86. The van der Waals surface area contributed by atoms with Crippen LogP contribution in [0.25, 0.3) is 0 Å². The van der Waals surface area contributed by atoms with Crippen LogP contribution in [0, 0.1) is 12.8 Å². The van der Waals surface area contributed by atoms with E-state index >= 15 is 0 Å². The van der Waals surface area contributed by atoms with Crippen LogP contribution in [-0.2, 0) is 0 Å². The Morgan fingerprint density at radius 1 is 1.44 bits per heavy atom. The first-order valence-electron chi connectivity index (χ1n) is 7.14. The van der Waals surface area contributed by atoms with E-state index in [2.05, 4.69) is 35.5 Å². The van der Waals surface area contributed by atoms with Crippen LogP contribution in [0.4, 0.5) is 11.5 Å². The average molecular weight is 250 g/mol. The molecule has 1 saturated heterocycles. The van der Waals surface area contributed by atoms with Crippen molar-refractivity contribution in [3.05, 3.63) is 5.69 Å². The summed E-state index contributed by atoms with van der Waals surface area (Å²) >= 11 is 0. The summed E-state index contributed by atoms with van der Waals surface area (Å²) in [5, 5.41) is 4.58. The molecular weight excluding hydrogens is 224 g/mol. The Hall–Kier alpha value is -1.19. The van der Waals surface area contributed by atoms with Gasteiger partial charge in [0.1, 0.15) is 0 Å². The third-order valence-corrected chi connectivity index (χ3v) is 3.88. The zero-order valence-electron chi connectivity index (χ0n) is 12.1. The van der Waals surface area contributed by atoms with Crippen LogP contribution in [0.3, 0.4) is 0 Å². The van der Waals surface area contributed by atoms with Crippen molar-refractivity contribution < 1.29 is 0 Å². The third kappa shape index (κ3) is 2.33. The van der Waals surface area contributed by atoms with Crippen LogP contribution < -0.4 is 10.6 Å². The van der Waals surface area contributed by atoms with Gasteiger partial charge >= 0.3 is 0 Å². The van der Waals surface area contributed by atoms with Crippen molar-refractivity contribution in [3.8, 4) is 0 Å². The summed E-state index contributed by atoms with van der Waals surface area (Å²) in [5.74, 6) is 1.96. The normalized spacial score (nSPS) is 20.1. The van der Waals surface area contributed by atoms with Crippen molar-refractivity contribution >= 4 is 11.5 Å². The fourth-order valence-electron chi connectivity index (χ4n) is 2.89. The van der Waals surface area contributed by atoms with E-state index < -0.39 is 0 Å². The molecule has 0 spiro atoms. The smallest absolute Gasteiger partial charge is 0.150 e. The monoisotopic (exact) mass is 250 g/mol. The largest absolute Gasteiger partial charge is 0.394 e. The minimum absolute atomic E-state index is 0.362. The first-order valence-corrected chi connectivity index (χ1v) is 7.14. The SMILES string of the molecule is CCCC1CCN(c2c(N)c(C)nn2C(C)C)C1. The minimum atomic E-state index is 0.362. The second-order valence-electron chi connectivity index (χ2n) is 5.75. The lowest BCUT2D eigenvalue weighted by Gasteiger charge is -2.22. The molecule has 2 rings (SSSR count). The molecule has 1 aliphatic rings. The Kier molecular flexibility index (Phi) is 3.83. The number of aromatic nitrogens is 2. The molecule has 0 radical (unpaired) electrons. The van der Waals surface area contributed by atoms with Gasteiger partial charge in [-0.15, -0.1) is 0 Å². The lowest BCUT2D eigenvalue weighted by Crippen LogP contribution is -2.24. The molecule has 0 aromatic carbocycles.